The second-order valence-corrected chi connectivity index (χ2v) is 16.8. The average Bonchev–Trinajstić information content (AvgIpc) is 3.02. The molecule has 1 aliphatic heterocycles. The first-order chi connectivity index (χ1) is 25.2. The summed E-state index contributed by atoms with van der Waals surface area (Å²) in [6.07, 6.45) is 6.37. The Bertz CT molecular complexity index is 1310. The zero-order chi connectivity index (χ0) is 40.4. The van der Waals surface area contributed by atoms with E-state index in [4.69, 9.17) is 25.4 Å². The van der Waals surface area contributed by atoms with Crippen molar-refractivity contribution in [3.8, 4) is 18.1 Å². The van der Waals surface area contributed by atoms with Gasteiger partial charge < -0.3 is 24.3 Å². The van der Waals surface area contributed by atoms with Crippen LogP contribution in [0.3, 0.4) is 0 Å². The molecule has 54 heavy (non-hydrogen) atoms. The van der Waals surface area contributed by atoms with Crippen LogP contribution in [0.5, 0.6) is 5.75 Å². The number of esters is 3. The van der Waals surface area contributed by atoms with Crippen LogP contribution in [0.15, 0.2) is 24.3 Å². The van der Waals surface area contributed by atoms with Gasteiger partial charge in [-0.2, -0.15) is 0 Å². The van der Waals surface area contributed by atoms with Crippen molar-refractivity contribution in [3.05, 3.63) is 29.8 Å². The van der Waals surface area contributed by atoms with Gasteiger partial charge in [0.05, 0.1) is 26.2 Å². The first-order valence-corrected chi connectivity index (χ1v) is 19.1. The lowest BCUT2D eigenvalue weighted by atomic mass is 10.2. The number of carbonyl (C=O) groups excluding carboxylic acids is 4. The number of hydrogen-bond acceptors (Lipinski definition) is 13. The molecule has 1 heterocycles. The number of Topliss-reactive ketones (excluding diaryl/α,β-unsaturated/α-hetero) is 1. The largest absolute Gasteiger partial charge is 0.481 e. The maximum atomic E-state index is 13.3. The first-order valence-electron chi connectivity index (χ1n) is 19.1. The van der Waals surface area contributed by atoms with E-state index in [1.807, 2.05) is 101 Å². The van der Waals surface area contributed by atoms with Crippen molar-refractivity contribution in [1.82, 2.24) is 24.9 Å². The smallest absolute Gasteiger partial charge is 0.320 e. The lowest BCUT2D eigenvalue weighted by Gasteiger charge is -2.34. The van der Waals surface area contributed by atoms with E-state index < -0.39 is 16.8 Å². The van der Waals surface area contributed by atoms with E-state index in [1.54, 1.807) is 0 Å². The van der Waals surface area contributed by atoms with Gasteiger partial charge in [-0.15, -0.1) is 6.42 Å². The normalized spacial score (nSPS) is 16.4. The molecule has 0 spiro atoms. The Morgan fingerprint density at radius 1 is 0.630 bits per heavy atom. The standard InChI is InChI=1S/C41H67N5O8/c1-11-27-51-35-16-14-33(15-17-35)28-42-18-12-13-34(47)29-43-19-21-44(30-36(48)52-39(2,3)4)23-25-46(32-38(50)54-41(8,9)10)26-24-45(22-20-43)31-37(49)53-40(5,6)7/h1,14-17,42H,12-13,18-32H2,2-10H3. The molecule has 0 unspecified atom stereocenters. The van der Waals surface area contributed by atoms with Crippen LogP contribution in [0.2, 0.25) is 0 Å². The van der Waals surface area contributed by atoms with Gasteiger partial charge in [0.25, 0.3) is 0 Å². The number of benzene rings is 1. The molecule has 0 atom stereocenters. The monoisotopic (exact) mass is 757 g/mol. The number of terminal acetylenes is 1. The predicted octanol–water partition coefficient (Wildman–Crippen LogP) is 3.38. The molecule has 1 aromatic carbocycles. The zero-order valence-corrected chi connectivity index (χ0v) is 34.5. The van der Waals surface area contributed by atoms with Crippen LogP contribution in [-0.2, 0) is 39.9 Å². The van der Waals surface area contributed by atoms with Crippen molar-refractivity contribution in [2.24, 2.45) is 0 Å². The lowest BCUT2D eigenvalue weighted by Crippen LogP contribution is -2.50. The third-order valence-electron chi connectivity index (χ3n) is 8.03. The maximum absolute atomic E-state index is 13.3. The molecule has 1 aliphatic rings. The molecule has 1 saturated heterocycles. The van der Waals surface area contributed by atoms with Gasteiger partial charge in [-0.1, -0.05) is 18.1 Å². The average molecular weight is 758 g/mol. The summed E-state index contributed by atoms with van der Waals surface area (Å²) in [6.45, 7) is 22.6. The minimum atomic E-state index is -0.626. The topological polar surface area (TPSA) is 130 Å². The molecule has 1 fully saturated rings. The Hall–Kier alpha value is -3.54. The fraction of sp³-hybridized carbons (Fsp3) is 0.707. The molecule has 0 amide bonds. The van der Waals surface area contributed by atoms with Gasteiger partial charge in [0.15, 0.2) is 0 Å². The second-order valence-electron chi connectivity index (χ2n) is 16.8. The fourth-order valence-electron chi connectivity index (χ4n) is 5.68. The third kappa shape index (κ3) is 22.6. The number of nitrogens with zero attached hydrogens (tertiary/aromatic N) is 4. The summed E-state index contributed by atoms with van der Waals surface area (Å²) in [5.74, 6) is 2.30. The van der Waals surface area contributed by atoms with Gasteiger partial charge in [0.1, 0.15) is 34.9 Å². The summed E-state index contributed by atoms with van der Waals surface area (Å²) in [4.78, 5) is 60.2. The summed E-state index contributed by atoms with van der Waals surface area (Å²) in [6, 6.07) is 7.74. The van der Waals surface area contributed by atoms with E-state index in [9.17, 15) is 19.2 Å². The van der Waals surface area contributed by atoms with E-state index >= 15 is 0 Å². The molecule has 0 aliphatic carbocycles. The molecule has 1 N–H and O–H groups in total. The minimum Gasteiger partial charge on any atom is -0.481 e. The predicted molar refractivity (Wildman–Crippen MR) is 210 cm³/mol. The molecule has 13 nitrogen and oxygen atoms in total. The van der Waals surface area contributed by atoms with Gasteiger partial charge in [-0.05, 0) is 93.0 Å². The van der Waals surface area contributed by atoms with Crippen LogP contribution in [0.4, 0.5) is 0 Å². The molecule has 0 radical (unpaired) electrons. The molecule has 304 valence electrons. The third-order valence-corrected chi connectivity index (χ3v) is 8.03. The highest BCUT2D eigenvalue weighted by atomic mass is 16.6. The van der Waals surface area contributed by atoms with Crippen molar-refractivity contribution in [1.29, 1.82) is 0 Å². The summed E-state index contributed by atoms with van der Waals surface area (Å²) in [7, 11) is 0. The Labute approximate surface area is 324 Å². The van der Waals surface area contributed by atoms with E-state index in [2.05, 4.69) is 16.1 Å². The lowest BCUT2D eigenvalue weighted by molar-refractivity contribution is -0.158. The number of carbonyl (C=O) groups is 4. The van der Waals surface area contributed by atoms with Gasteiger partial charge in [-0.3, -0.25) is 38.8 Å². The Morgan fingerprint density at radius 3 is 1.35 bits per heavy atom. The van der Waals surface area contributed by atoms with E-state index in [-0.39, 0.29) is 56.5 Å². The van der Waals surface area contributed by atoms with Crippen LogP contribution in [0, 0.1) is 12.3 Å². The van der Waals surface area contributed by atoms with Crippen LogP contribution in [0.1, 0.15) is 80.7 Å². The Balaban J connectivity index is 2.12. The number of rotatable bonds is 16. The van der Waals surface area contributed by atoms with Crippen molar-refractivity contribution in [2.45, 2.75) is 98.5 Å². The van der Waals surface area contributed by atoms with Crippen LogP contribution < -0.4 is 10.1 Å². The zero-order valence-electron chi connectivity index (χ0n) is 34.5. The number of nitrogens with one attached hydrogen (secondary N) is 1. The quantitative estimate of drug-likeness (QED) is 0.115. The molecule has 13 heteroatoms. The molecule has 0 aromatic heterocycles. The Morgan fingerprint density at radius 2 is 1.00 bits per heavy atom. The molecule has 0 saturated carbocycles. The summed E-state index contributed by atoms with van der Waals surface area (Å²) < 4.78 is 22.3. The van der Waals surface area contributed by atoms with Crippen LogP contribution in [0.25, 0.3) is 0 Å². The number of ketones is 1. The first kappa shape index (κ1) is 46.6. The van der Waals surface area contributed by atoms with Crippen molar-refractivity contribution >= 4 is 23.7 Å². The highest BCUT2D eigenvalue weighted by Gasteiger charge is 2.26. The molecular formula is C41H67N5O8. The van der Waals surface area contributed by atoms with Gasteiger partial charge in [0, 0.05) is 65.3 Å². The van der Waals surface area contributed by atoms with E-state index in [0.29, 0.717) is 78.3 Å². The molecular weight excluding hydrogens is 690 g/mol. The fourth-order valence-corrected chi connectivity index (χ4v) is 5.68. The molecule has 0 bridgehead atoms. The highest BCUT2D eigenvalue weighted by molar-refractivity contribution is 5.80. The van der Waals surface area contributed by atoms with Gasteiger partial charge >= 0.3 is 17.9 Å². The second kappa shape index (κ2) is 22.7. The van der Waals surface area contributed by atoms with E-state index in [0.717, 1.165) is 11.3 Å². The summed E-state index contributed by atoms with van der Waals surface area (Å²) >= 11 is 0. The SMILES string of the molecule is C#CCOc1ccc(CNCCCC(=O)CN2CCN(CC(=O)OC(C)(C)C)CCN(CC(=O)OC(C)(C)C)CCN(CC(=O)OC(C)(C)C)CC2)cc1. The number of ether oxygens (including phenoxy) is 4. The van der Waals surface area contributed by atoms with Crippen molar-refractivity contribution in [2.75, 3.05) is 91.7 Å². The van der Waals surface area contributed by atoms with Crippen LogP contribution in [-0.4, -0.2) is 152 Å². The minimum absolute atomic E-state index is 0.0711. The van der Waals surface area contributed by atoms with Crippen molar-refractivity contribution in [3.63, 3.8) is 0 Å². The van der Waals surface area contributed by atoms with Gasteiger partial charge in [0.2, 0.25) is 0 Å². The van der Waals surface area contributed by atoms with E-state index in [1.165, 1.54) is 0 Å². The molecule has 1 aromatic rings. The van der Waals surface area contributed by atoms with Gasteiger partial charge in [-0.25, -0.2) is 0 Å². The van der Waals surface area contributed by atoms with Crippen LogP contribution >= 0.6 is 0 Å². The molecule has 2 rings (SSSR count). The number of hydrogen-bond donors (Lipinski definition) is 1. The summed E-state index contributed by atoms with van der Waals surface area (Å²) in [5, 5.41) is 3.40. The highest BCUT2D eigenvalue weighted by Crippen LogP contribution is 2.13. The maximum Gasteiger partial charge on any atom is 0.320 e. The van der Waals surface area contributed by atoms with Crippen molar-refractivity contribution < 1.29 is 38.1 Å². The Kier molecular flexibility index (Phi) is 19.6. The summed E-state index contributed by atoms with van der Waals surface area (Å²) in [5.41, 5.74) is -0.773.